The third-order valence-electron chi connectivity index (χ3n) is 3.99. The summed E-state index contributed by atoms with van der Waals surface area (Å²) in [4.78, 5) is 23.5. The van der Waals surface area contributed by atoms with E-state index in [1.807, 2.05) is 25.1 Å². The molecule has 0 aliphatic heterocycles. The van der Waals surface area contributed by atoms with Crippen molar-refractivity contribution in [3.63, 3.8) is 0 Å². The van der Waals surface area contributed by atoms with Crippen LogP contribution in [0.1, 0.15) is 40.9 Å². The summed E-state index contributed by atoms with van der Waals surface area (Å²) in [6.45, 7) is 1.90. The molecule has 0 unspecified atom stereocenters. The molecular weight excluding hydrogens is 318 g/mol. The van der Waals surface area contributed by atoms with Gasteiger partial charge < -0.3 is 15.2 Å². The monoisotopic (exact) mass is 341 g/mol. The van der Waals surface area contributed by atoms with Gasteiger partial charge in [-0.3, -0.25) is 4.79 Å². The molecule has 0 saturated heterocycles. The molecule has 5 heteroatoms. The minimum atomic E-state index is -1.16. The van der Waals surface area contributed by atoms with Gasteiger partial charge in [-0.1, -0.05) is 42.5 Å². The molecule has 0 aliphatic carbocycles. The number of aryl methyl sites for hydroxylation is 1. The van der Waals surface area contributed by atoms with Crippen molar-refractivity contribution in [2.75, 3.05) is 7.11 Å². The van der Waals surface area contributed by atoms with Crippen LogP contribution in [0.5, 0.6) is 0 Å². The zero-order valence-electron chi connectivity index (χ0n) is 14.4. The SMILES string of the molecule is COC(=O)c1ccc(CC[C@@H](C)NC(=O)[C@@H](O)c2ccccc2)cc1. The smallest absolute Gasteiger partial charge is 0.337 e. The van der Waals surface area contributed by atoms with E-state index in [1.54, 1.807) is 36.4 Å². The van der Waals surface area contributed by atoms with E-state index in [0.29, 0.717) is 11.1 Å². The molecule has 2 aromatic rings. The molecule has 0 saturated carbocycles. The average molecular weight is 341 g/mol. The molecule has 2 atom stereocenters. The number of amides is 1. The van der Waals surface area contributed by atoms with Crippen LogP contribution in [0.2, 0.25) is 0 Å². The standard InChI is InChI=1S/C20H23NO4/c1-14(21-19(23)18(22)16-6-4-3-5-7-16)8-9-15-10-12-17(13-11-15)20(24)25-2/h3-7,10-14,18,22H,8-9H2,1-2H3,(H,21,23)/t14-,18+/m1/s1. The van der Waals surface area contributed by atoms with E-state index in [2.05, 4.69) is 10.1 Å². The lowest BCUT2D eigenvalue weighted by molar-refractivity contribution is -0.130. The Morgan fingerprint density at radius 2 is 1.72 bits per heavy atom. The van der Waals surface area contributed by atoms with E-state index >= 15 is 0 Å². The molecule has 5 nitrogen and oxygen atoms in total. The minimum absolute atomic E-state index is 0.0776. The highest BCUT2D eigenvalue weighted by atomic mass is 16.5. The van der Waals surface area contributed by atoms with Gasteiger partial charge >= 0.3 is 5.97 Å². The minimum Gasteiger partial charge on any atom is -0.465 e. The van der Waals surface area contributed by atoms with Crippen molar-refractivity contribution in [3.8, 4) is 0 Å². The summed E-state index contributed by atoms with van der Waals surface area (Å²) in [5, 5.41) is 12.9. The van der Waals surface area contributed by atoms with Crippen molar-refractivity contribution in [1.82, 2.24) is 5.32 Å². The van der Waals surface area contributed by atoms with E-state index in [9.17, 15) is 14.7 Å². The number of esters is 1. The first-order valence-electron chi connectivity index (χ1n) is 8.22. The maximum Gasteiger partial charge on any atom is 0.337 e. The third kappa shape index (κ3) is 5.43. The van der Waals surface area contributed by atoms with Crippen LogP contribution in [0.3, 0.4) is 0 Å². The molecule has 0 bridgehead atoms. The van der Waals surface area contributed by atoms with Crippen LogP contribution in [0.15, 0.2) is 54.6 Å². The molecule has 25 heavy (non-hydrogen) atoms. The van der Waals surface area contributed by atoms with Crippen molar-refractivity contribution in [3.05, 3.63) is 71.3 Å². The van der Waals surface area contributed by atoms with Crippen LogP contribution in [0.4, 0.5) is 0 Å². The van der Waals surface area contributed by atoms with Crippen LogP contribution in [-0.4, -0.2) is 30.1 Å². The lowest BCUT2D eigenvalue weighted by atomic mass is 10.0. The number of benzene rings is 2. The Morgan fingerprint density at radius 3 is 2.32 bits per heavy atom. The van der Waals surface area contributed by atoms with E-state index < -0.39 is 12.0 Å². The second-order valence-electron chi connectivity index (χ2n) is 5.95. The van der Waals surface area contributed by atoms with Gasteiger partial charge in [0.25, 0.3) is 5.91 Å². The van der Waals surface area contributed by atoms with Gasteiger partial charge in [0.1, 0.15) is 0 Å². The Bertz CT molecular complexity index is 697. The summed E-state index contributed by atoms with van der Waals surface area (Å²) in [6.07, 6.45) is 0.317. The van der Waals surface area contributed by atoms with Crippen LogP contribution >= 0.6 is 0 Å². The van der Waals surface area contributed by atoms with Gasteiger partial charge in [-0.15, -0.1) is 0 Å². The van der Waals surface area contributed by atoms with Gasteiger partial charge in [-0.2, -0.15) is 0 Å². The van der Waals surface area contributed by atoms with Crippen molar-refractivity contribution >= 4 is 11.9 Å². The number of aliphatic hydroxyl groups is 1. The predicted octanol–water partition coefficient (Wildman–Crippen LogP) is 2.64. The van der Waals surface area contributed by atoms with E-state index in [-0.39, 0.29) is 12.0 Å². The normalized spacial score (nSPS) is 12.9. The van der Waals surface area contributed by atoms with Gasteiger partial charge in [0.2, 0.25) is 0 Å². The number of rotatable bonds is 7. The van der Waals surface area contributed by atoms with Crippen LogP contribution in [-0.2, 0) is 16.0 Å². The summed E-state index contributed by atoms with van der Waals surface area (Å²) >= 11 is 0. The lowest BCUT2D eigenvalue weighted by Crippen LogP contribution is -2.36. The fourth-order valence-corrected chi connectivity index (χ4v) is 2.49. The summed E-state index contributed by atoms with van der Waals surface area (Å²) < 4.78 is 4.67. The highest BCUT2D eigenvalue weighted by molar-refractivity contribution is 5.89. The van der Waals surface area contributed by atoms with E-state index in [1.165, 1.54) is 7.11 Å². The molecule has 0 aromatic heterocycles. The lowest BCUT2D eigenvalue weighted by Gasteiger charge is -2.17. The first-order chi connectivity index (χ1) is 12.0. The number of nitrogens with one attached hydrogen (secondary N) is 1. The van der Waals surface area contributed by atoms with E-state index in [4.69, 9.17) is 0 Å². The molecule has 0 aliphatic rings. The molecule has 2 aromatic carbocycles. The molecule has 0 fully saturated rings. The molecular formula is C20H23NO4. The Morgan fingerprint density at radius 1 is 1.08 bits per heavy atom. The van der Waals surface area contributed by atoms with Crippen molar-refractivity contribution < 1.29 is 19.4 Å². The molecule has 132 valence electrons. The summed E-state index contributed by atoms with van der Waals surface area (Å²) in [7, 11) is 1.35. The number of carbonyl (C=O) groups is 2. The predicted molar refractivity (Wildman–Crippen MR) is 95.1 cm³/mol. The van der Waals surface area contributed by atoms with Crippen molar-refractivity contribution in [1.29, 1.82) is 0 Å². The maximum absolute atomic E-state index is 12.1. The van der Waals surface area contributed by atoms with Gasteiger partial charge in [-0.05, 0) is 43.0 Å². The highest BCUT2D eigenvalue weighted by Crippen LogP contribution is 2.13. The van der Waals surface area contributed by atoms with Gasteiger partial charge in [0, 0.05) is 6.04 Å². The number of hydrogen-bond acceptors (Lipinski definition) is 4. The second kappa shape index (κ2) is 8.99. The number of aliphatic hydroxyl groups excluding tert-OH is 1. The van der Waals surface area contributed by atoms with E-state index in [0.717, 1.165) is 18.4 Å². The topological polar surface area (TPSA) is 75.6 Å². The first kappa shape index (κ1) is 18.7. The fourth-order valence-electron chi connectivity index (χ4n) is 2.49. The summed E-state index contributed by atoms with van der Waals surface area (Å²) in [5.41, 5.74) is 2.15. The Hall–Kier alpha value is -2.66. The van der Waals surface area contributed by atoms with Crippen LogP contribution in [0, 0.1) is 0 Å². The Labute approximate surface area is 147 Å². The van der Waals surface area contributed by atoms with Gasteiger partial charge in [-0.25, -0.2) is 4.79 Å². The highest BCUT2D eigenvalue weighted by Gasteiger charge is 2.18. The number of carbonyl (C=O) groups excluding carboxylic acids is 2. The number of hydrogen-bond donors (Lipinski definition) is 2. The molecule has 2 N–H and O–H groups in total. The zero-order valence-corrected chi connectivity index (χ0v) is 14.4. The number of ether oxygens (including phenoxy) is 1. The van der Waals surface area contributed by atoms with Crippen LogP contribution in [0.25, 0.3) is 0 Å². The van der Waals surface area contributed by atoms with Crippen LogP contribution < -0.4 is 5.32 Å². The summed E-state index contributed by atoms with van der Waals surface area (Å²) in [5.74, 6) is -0.762. The third-order valence-corrected chi connectivity index (χ3v) is 3.99. The first-order valence-corrected chi connectivity index (χ1v) is 8.22. The second-order valence-corrected chi connectivity index (χ2v) is 5.95. The average Bonchev–Trinajstić information content (AvgIpc) is 2.66. The van der Waals surface area contributed by atoms with Crippen molar-refractivity contribution in [2.45, 2.75) is 31.9 Å². The molecule has 0 heterocycles. The Kier molecular flexibility index (Phi) is 6.71. The zero-order chi connectivity index (χ0) is 18.2. The quantitative estimate of drug-likeness (QED) is 0.759. The van der Waals surface area contributed by atoms with Gasteiger partial charge in [0.05, 0.1) is 12.7 Å². The van der Waals surface area contributed by atoms with Gasteiger partial charge in [0.15, 0.2) is 6.10 Å². The fraction of sp³-hybridized carbons (Fsp3) is 0.300. The largest absolute Gasteiger partial charge is 0.465 e. The molecule has 2 rings (SSSR count). The maximum atomic E-state index is 12.1. The Balaban J connectivity index is 1.83. The molecule has 0 spiro atoms. The number of methoxy groups -OCH3 is 1. The molecule has 1 amide bonds. The summed E-state index contributed by atoms with van der Waals surface area (Å²) in [6, 6.07) is 16.0. The van der Waals surface area contributed by atoms with Crippen molar-refractivity contribution in [2.24, 2.45) is 0 Å². The molecule has 0 radical (unpaired) electrons.